The highest BCUT2D eigenvalue weighted by atomic mass is 16.3. The zero-order chi connectivity index (χ0) is 13.0. The molecule has 0 amide bonds. The molecule has 4 aliphatic rings. The highest BCUT2D eigenvalue weighted by Gasteiger charge is 2.60. The third kappa shape index (κ3) is 1.68. The van der Waals surface area contributed by atoms with E-state index in [9.17, 15) is 5.11 Å². The molecule has 0 aromatic carbocycles. The maximum atomic E-state index is 11.4. The van der Waals surface area contributed by atoms with Crippen LogP contribution in [0.1, 0.15) is 52.4 Å². The molecule has 0 saturated heterocycles. The Labute approximate surface area is 112 Å². The Morgan fingerprint density at radius 1 is 1.11 bits per heavy atom. The van der Waals surface area contributed by atoms with Crippen molar-refractivity contribution in [2.75, 3.05) is 13.6 Å². The lowest BCUT2D eigenvalue weighted by atomic mass is 9.44. The zero-order valence-electron chi connectivity index (χ0n) is 12.2. The summed E-state index contributed by atoms with van der Waals surface area (Å²) in [5.74, 6) is 3.09. The summed E-state index contributed by atoms with van der Waals surface area (Å²) < 4.78 is 0. The first-order valence-corrected chi connectivity index (χ1v) is 7.86. The van der Waals surface area contributed by atoms with Crippen molar-refractivity contribution in [1.82, 2.24) is 5.32 Å². The summed E-state index contributed by atoms with van der Waals surface area (Å²) in [6, 6.07) is 0. The maximum absolute atomic E-state index is 11.4. The van der Waals surface area contributed by atoms with Crippen LogP contribution < -0.4 is 5.32 Å². The minimum Gasteiger partial charge on any atom is -0.388 e. The van der Waals surface area contributed by atoms with Gasteiger partial charge in [-0.25, -0.2) is 0 Å². The monoisotopic (exact) mass is 251 g/mol. The first kappa shape index (κ1) is 12.9. The van der Waals surface area contributed by atoms with Crippen LogP contribution in [-0.4, -0.2) is 24.3 Å². The number of nitrogens with one attached hydrogen (secondary N) is 1. The standard InChI is InChI=1S/C16H29NO/c1-11(2)16(18,10-17-3)15-7-12-4-13(8-15)6-14(5-12)9-15/h11-14,17-18H,4-10H2,1-3H3. The van der Waals surface area contributed by atoms with E-state index in [0.29, 0.717) is 5.92 Å². The van der Waals surface area contributed by atoms with Crippen LogP contribution in [0.2, 0.25) is 0 Å². The predicted molar refractivity (Wildman–Crippen MR) is 74.3 cm³/mol. The Kier molecular flexibility index (Phi) is 3.02. The lowest BCUT2D eigenvalue weighted by molar-refractivity contribution is -0.195. The number of rotatable bonds is 4. The minimum absolute atomic E-state index is 0.221. The van der Waals surface area contributed by atoms with Crippen molar-refractivity contribution >= 4 is 0 Å². The van der Waals surface area contributed by atoms with E-state index in [-0.39, 0.29) is 5.41 Å². The van der Waals surface area contributed by atoms with Crippen LogP contribution in [0.15, 0.2) is 0 Å². The maximum Gasteiger partial charge on any atom is 0.0850 e. The van der Waals surface area contributed by atoms with Crippen molar-refractivity contribution in [1.29, 1.82) is 0 Å². The summed E-state index contributed by atoms with van der Waals surface area (Å²) in [4.78, 5) is 0. The van der Waals surface area contributed by atoms with Crippen molar-refractivity contribution in [2.45, 2.75) is 58.0 Å². The topological polar surface area (TPSA) is 32.3 Å². The van der Waals surface area contributed by atoms with Gasteiger partial charge in [0.2, 0.25) is 0 Å². The largest absolute Gasteiger partial charge is 0.388 e. The third-order valence-corrected chi connectivity index (χ3v) is 6.36. The van der Waals surface area contributed by atoms with Gasteiger partial charge in [0, 0.05) is 12.0 Å². The van der Waals surface area contributed by atoms with E-state index >= 15 is 0 Å². The molecule has 4 fully saturated rings. The Hall–Kier alpha value is -0.0800. The van der Waals surface area contributed by atoms with Gasteiger partial charge in [0.05, 0.1) is 5.60 Å². The molecule has 1 unspecified atom stereocenters. The fraction of sp³-hybridized carbons (Fsp3) is 1.00. The van der Waals surface area contributed by atoms with Gasteiger partial charge in [-0.3, -0.25) is 0 Å². The Morgan fingerprint density at radius 3 is 1.89 bits per heavy atom. The van der Waals surface area contributed by atoms with Crippen molar-refractivity contribution in [3.63, 3.8) is 0 Å². The molecule has 4 aliphatic carbocycles. The fourth-order valence-electron chi connectivity index (χ4n) is 5.91. The van der Waals surface area contributed by atoms with Crippen molar-refractivity contribution < 1.29 is 5.11 Å². The molecule has 2 N–H and O–H groups in total. The SMILES string of the molecule is CNCC(O)(C(C)C)C12CC3CC(CC(C3)C1)C2. The van der Waals surface area contributed by atoms with Crippen molar-refractivity contribution in [3.05, 3.63) is 0 Å². The molecule has 2 nitrogen and oxygen atoms in total. The fourth-order valence-corrected chi connectivity index (χ4v) is 5.91. The van der Waals surface area contributed by atoms with Gasteiger partial charge < -0.3 is 10.4 Å². The number of hydrogen-bond acceptors (Lipinski definition) is 2. The first-order chi connectivity index (χ1) is 8.49. The molecule has 104 valence electrons. The summed E-state index contributed by atoms with van der Waals surface area (Å²) in [7, 11) is 1.98. The van der Waals surface area contributed by atoms with Gasteiger partial charge in [-0.1, -0.05) is 13.8 Å². The summed E-state index contributed by atoms with van der Waals surface area (Å²) in [5.41, 5.74) is -0.281. The molecule has 0 aromatic rings. The molecule has 4 saturated carbocycles. The first-order valence-electron chi connectivity index (χ1n) is 7.86. The second kappa shape index (κ2) is 4.21. The molecule has 0 aromatic heterocycles. The molecular weight excluding hydrogens is 222 g/mol. The van der Waals surface area contributed by atoms with E-state index in [2.05, 4.69) is 19.2 Å². The molecule has 4 bridgehead atoms. The van der Waals surface area contributed by atoms with Gasteiger partial charge in [-0.2, -0.15) is 0 Å². The van der Waals surface area contributed by atoms with Crippen LogP contribution in [0, 0.1) is 29.1 Å². The summed E-state index contributed by atoms with van der Waals surface area (Å²) in [6.07, 6.45) is 8.22. The number of hydrogen-bond donors (Lipinski definition) is 2. The van der Waals surface area contributed by atoms with E-state index in [1.54, 1.807) is 0 Å². The van der Waals surface area contributed by atoms with Crippen LogP contribution in [-0.2, 0) is 0 Å². The van der Waals surface area contributed by atoms with Gasteiger partial charge in [-0.05, 0) is 69.2 Å². The molecular formula is C16H29NO. The molecule has 4 rings (SSSR count). The van der Waals surface area contributed by atoms with Gasteiger partial charge >= 0.3 is 0 Å². The van der Waals surface area contributed by atoms with Crippen molar-refractivity contribution in [2.24, 2.45) is 29.1 Å². The average molecular weight is 251 g/mol. The molecule has 18 heavy (non-hydrogen) atoms. The van der Waals surface area contributed by atoms with Crippen LogP contribution in [0.4, 0.5) is 0 Å². The normalized spacial score (nSPS) is 45.5. The predicted octanol–water partition coefficient (Wildman–Crippen LogP) is 2.81. The second-order valence-electron chi connectivity index (χ2n) is 7.81. The van der Waals surface area contributed by atoms with Gasteiger partial charge in [0.15, 0.2) is 0 Å². The highest BCUT2D eigenvalue weighted by Crippen LogP contribution is 2.64. The molecule has 0 spiro atoms. The quantitative estimate of drug-likeness (QED) is 0.805. The van der Waals surface area contributed by atoms with Crippen LogP contribution in [0.25, 0.3) is 0 Å². The Balaban J connectivity index is 1.93. The Bertz CT molecular complexity index is 290. The van der Waals surface area contributed by atoms with E-state index in [0.717, 1.165) is 24.3 Å². The molecule has 0 heterocycles. The van der Waals surface area contributed by atoms with Crippen LogP contribution >= 0.6 is 0 Å². The summed E-state index contributed by atoms with van der Waals surface area (Å²) in [6.45, 7) is 5.17. The lowest BCUT2D eigenvalue weighted by Crippen LogP contribution is -2.63. The van der Waals surface area contributed by atoms with Crippen molar-refractivity contribution in [3.8, 4) is 0 Å². The smallest absolute Gasteiger partial charge is 0.0850 e. The summed E-state index contributed by atoms with van der Waals surface area (Å²) >= 11 is 0. The zero-order valence-corrected chi connectivity index (χ0v) is 12.2. The summed E-state index contributed by atoms with van der Waals surface area (Å²) in [5, 5.41) is 14.7. The Morgan fingerprint density at radius 2 is 1.56 bits per heavy atom. The highest BCUT2D eigenvalue weighted by molar-refractivity contribution is 5.11. The molecule has 2 heteroatoms. The minimum atomic E-state index is -0.502. The molecule has 0 aliphatic heterocycles. The van der Waals surface area contributed by atoms with E-state index in [1.165, 1.54) is 38.5 Å². The third-order valence-electron chi connectivity index (χ3n) is 6.36. The second-order valence-corrected chi connectivity index (χ2v) is 7.81. The molecule has 0 radical (unpaired) electrons. The van der Waals surface area contributed by atoms with E-state index < -0.39 is 5.60 Å². The van der Waals surface area contributed by atoms with Gasteiger partial charge in [0.1, 0.15) is 0 Å². The average Bonchev–Trinajstić information content (AvgIpc) is 2.26. The van der Waals surface area contributed by atoms with Gasteiger partial charge in [-0.15, -0.1) is 0 Å². The van der Waals surface area contributed by atoms with E-state index in [4.69, 9.17) is 0 Å². The van der Waals surface area contributed by atoms with Crippen LogP contribution in [0.5, 0.6) is 0 Å². The molecule has 1 atom stereocenters. The number of aliphatic hydroxyl groups is 1. The van der Waals surface area contributed by atoms with E-state index in [1.807, 2.05) is 7.05 Å². The number of likely N-dealkylation sites (N-methyl/N-ethyl adjacent to an activating group) is 1. The lowest BCUT2D eigenvalue weighted by Gasteiger charge is -2.63. The van der Waals surface area contributed by atoms with Crippen LogP contribution in [0.3, 0.4) is 0 Å². The van der Waals surface area contributed by atoms with Gasteiger partial charge in [0.25, 0.3) is 0 Å².